The lowest BCUT2D eigenvalue weighted by Gasteiger charge is -2.30. The fourth-order valence-electron chi connectivity index (χ4n) is 3.69. The quantitative estimate of drug-likeness (QED) is 0.547. The first-order chi connectivity index (χ1) is 14.8. The third-order valence-electron chi connectivity index (χ3n) is 4.96. The first-order valence-corrected chi connectivity index (χ1v) is 10.3. The molecule has 0 atom stereocenters. The van der Waals surface area contributed by atoms with Gasteiger partial charge in [0.15, 0.2) is 12.3 Å². The average molecular weight is 421 g/mol. The number of benzene rings is 2. The van der Waals surface area contributed by atoms with Gasteiger partial charge in [-0.3, -0.25) is 9.59 Å². The van der Waals surface area contributed by atoms with Crippen LogP contribution in [-0.4, -0.2) is 45.2 Å². The van der Waals surface area contributed by atoms with Crippen LogP contribution in [0.25, 0.3) is 10.8 Å². The van der Waals surface area contributed by atoms with Crippen molar-refractivity contribution in [3.8, 4) is 0 Å². The molecule has 0 saturated carbocycles. The maximum absolute atomic E-state index is 12.9. The predicted molar refractivity (Wildman–Crippen MR) is 119 cm³/mol. The molecule has 1 amide bonds. The van der Waals surface area contributed by atoms with Crippen molar-refractivity contribution in [2.75, 3.05) is 6.61 Å². The third-order valence-corrected chi connectivity index (χ3v) is 4.96. The van der Waals surface area contributed by atoms with Crippen molar-refractivity contribution >= 4 is 22.6 Å². The van der Waals surface area contributed by atoms with Crippen LogP contribution in [0.2, 0.25) is 0 Å². The fraction of sp³-hybridized carbons (Fsp3) is 0.333. The summed E-state index contributed by atoms with van der Waals surface area (Å²) in [6.07, 6.45) is 0. The molecule has 0 unspecified atom stereocenters. The van der Waals surface area contributed by atoms with Gasteiger partial charge in [-0.2, -0.15) is 5.10 Å². The molecule has 31 heavy (non-hydrogen) atoms. The zero-order valence-electron chi connectivity index (χ0n) is 18.2. The van der Waals surface area contributed by atoms with E-state index in [-0.39, 0.29) is 42.4 Å². The summed E-state index contributed by atoms with van der Waals surface area (Å²) in [4.78, 5) is 40.0. The van der Waals surface area contributed by atoms with Crippen molar-refractivity contribution < 1.29 is 14.3 Å². The molecule has 0 aliphatic heterocycles. The topological polar surface area (TPSA) is 81.5 Å². The standard InChI is InChI=1S/C24H27N3O4/c1-16(2)27(17(3)4)21(28)15-31-24(30)22-19-12-8-9-13-20(19)23(29)26(25-22)14-18-10-6-5-7-11-18/h5-13,16-17H,14-15H2,1-4H3. The lowest BCUT2D eigenvalue weighted by molar-refractivity contribution is -0.138. The van der Waals surface area contributed by atoms with E-state index in [0.29, 0.717) is 10.8 Å². The van der Waals surface area contributed by atoms with Crippen LogP contribution in [0.1, 0.15) is 43.7 Å². The molecule has 0 fully saturated rings. The third kappa shape index (κ3) is 4.99. The zero-order valence-corrected chi connectivity index (χ0v) is 18.2. The van der Waals surface area contributed by atoms with Crippen LogP contribution in [0.4, 0.5) is 0 Å². The fourth-order valence-corrected chi connectivity index (χ4v) is 3.69. The van der Waals surface area contributed by atoms with Crippen molar-refractivity contribution in [2.24, 2.45) is 0 Å². The second-order valence-corrected chi connectivity index (χ2v) is 7.91. The van der Waals surface area contributed by atoms with E-state index < -0.39 is 5.97 Å². The molecule has 3 aromatic rings. The van der Waals surface area contributed by atoms with E-state index in [4.69, 9.17) is 4.74 Å². The Morgan fingerprint density at radius 1 is 0.935 bits per heavy atom. The van der Waals surface area contributed by atoms with Gasteiger partial charge in [-0.1, -0.05) is 48.5 Å². The number of hydrogen-bond acceptors (Lipinski definition) is 5. The number of fused-ring (bicyclic) bond motifs is 1. The summed E-state index contributed by atoms with van der Waals surface area (Å²) in [6, 6.07) is 16.1. The van der Waals surface area contributed by atoms with E-state index in [1.165, 1.54) is 4.68 Å². The summed E-state index contributed by atoms with van der Waals surface area (Å²) in [5.41, 5.74) is 0.601. The largest absolute Gasteiger partial charge is 0.451 e. The van der Waals surface area contributed by atoms with Gasteiger partial charge in [0, 0.05) is 17.5 Å². The maximum Gasteiger partial charge on any atom is 0.359 e. The van der Waals surface area contributed by atoms with E-state index in [1.807, 2.05) is 58.0 Å². The smallest absolute Gasteiger partial charge is 0.359 e. The number of hydrogen-bond donors (Lipinski definition) is 0. The second-order valence-electron chi connectivity index (χ2n) is 7.91. The van der Waals surface area contributed by atoms with Gasteiger partial charge < -0.3 is 9.64 Å². The number of ether oxygens (including phenoxy) is 1. The highest BCUT2D eigenvalue weighted by atomic mass is 16.5. The Morgan fingerprint density at radius 3 is 2.13 bits per heavy atom. The van der Waals surface area contributed by atoms with Crippen LogP contribution in [-0.2, 0) is 16.1 Å². The first-order valence-electron chi connectivity index (χ1n) is 10.3. The van der Waals surface area contributed by atoms with Gasteiger partial charge in [0.2, 0.25) is 0 Å². The first kappa shape index (κ1) is 22.2. The van der Waals surface area contributed by atoms with Crippen molar-refractivity contribution in [3.05, 3.63) is 76.2 Å². The van der Waals surface area contributed by atoms with E-state index >= 15 is 0 Å². The van der Waals surface area contributed by atoms with Crippen LogP contribution in [0, 0.1) is 0 Å². The summed E-state index contributed by atoms with van der Waals surface area (Å²) >= 11 is 0. The summed E-state index contributed by atoms with van der Waals surface area (Å²) in [6.45, 7) is 7.48. The molecular weight excluding hydrogens is 394 g/mol. The van der Waals surface area contributed by atoms with Crippen molar-refractivity contribution in [2.45, 2.75) is 46.3 Å². The lowest BCUT2D eigenvalue weighted by atomic mass is 10.1. The number of carbonyl (C=O) groups excluding carboxylic acids is 2. The molecule has 1 heterocycles. The predicted octanol–water partition coefficient (Wildman–Crippen LogP) is 3.25. The Morgan fingerprint density at radius 2 is 1.52 bits per heavy atom. The molecule has 0 radical (unpaired) electrons. The van der Waals surface area contributed by atoms with Gasteiger partial charge in [-0.25, -0.2) is 9.48 Å². The summed E-state index contributed by atoms with van der Waals surface area (Å²) in [5.74, 6) is -1.01. The molecular formula is C24H27N3O4. The minimum Gasteiger partial charge on any atom is -0.451 e. The number of carbonyl (C=O) groups is 2. The Bertz CT molecular complexity index is 1130. The van der Waals surface area contributed by atoms with Crippen LogP contribution >= 0.6 is 0 Å². The molecule has 162 valence electrons. The molecule has 7 heteroatoms. The van der Waals surface area contributed by atoms with E-state index in [1.54, 1.807) is 29.2 Å². The number of rotatable bonds is 7. The van der Waals surface area contributed by atoms with Crippen LogP contribution in [0.5, 0.6) is 0 Å². The zero-order chi connectivity index (χ0) is 22.5. The highest BCUT2D eigenvalue weighted by Gasteiger charge is 2.23. The van der Waals surface area contributed by atoms with Gasteiger partial charge in [-0.15, -0.1) is 0 Å². The molecule has 1 aromatic heterocycles. The van der Waals surface area contributed by atoms with E-state index in [9.17, 15) is 14.4 Å². The van der Waals surface area contributed by atoms with Crippen molar-refractivity contribution in [1.82, 2.24) is 14.7 Å². The highest BCUT2D eigenvalue weighted by molar-refractivity contribution is 6.02. The second kappa shape index (κ2) is 9.55. The van der Waals surface area contributed by atoms with Crippen LogP contribution < -0.4 is 5.56 Å². The number of aromatic nitrogens is 2. The maximum atomic E-state index is 12.9. The molecule has 0 N–H and O–H groups in total. The summed E-state index contributed by atoms with van der Waals surface area (Å²) < 4.78 is 6.57. The van der Waals surface area contributed by atoms with Crippen molar-refractivity contribution in [1.29, 1.82) is 0 Å². The minimum absolute atomic E-state index is 0.0135. The molecule has 0 aliphatic carbocycles. The Kier molecular flexibility index (Phi) is 6.84. The summed E-state index contributed by atoms with van der Waals surface area (Å²) in [5, 5.41) is 5.07. The Hall–Kier alpha value is -3.48. The SMILES string of the molecule is CC(C)N(C(=O)COC(=O)c1nn(Cc2ccccc2)c(=O)c2ccccc12)C(C)C. The lowest BCUT2D eigenvalue weighted by Crippen LogP contribution is -2.44. The average Bonchev–Trinajstić information content (AvgIpc) is 2.74. The highest BCUT2D eigenvalue weighted by Crippen LogP contribution is 2.15. The van der Waals surface area contributed by atoms with Gasteiger partial charge in [0.25, 0.3) is 11.5 Å². The molecule has 0 spiro atoms. The van der Waals surface area contributed by atoms with E-state index in [2.05, 4.69) is 5.10 Å². The minimum atomic E-state index is -0.737. The van der Waals surface area contributed by atoms with Gasteiger partial charge in [0.1, 0.15) is 0 Å². The van der Waals surface area contributed by atoms with Crippen LogP contribution in [0.15, 0.2) is 59.4 Å². The molecule has 0 bridgehead atoms. The van der Waals surface area contributed by atoms with Crippen molar-refractivity contribution in [3.63, 3.8) is 0 Å². The van der Waals surface area contributed by atoms with Gasteiger partial charge in [-0.05, 0) is 39.3 Å². The molecule has 7 nitrogen and oxygen atoms in total. The number of nitrogens with zero attached hydrogens (tertiary/aromatic N) is 3. The van der Waals surface area contributed by atoms with Gasteiger partial charge in [0.05, 0.1) is 11.9 Å². The molecule has 2 aromatic carbocycles. The summed E-state index contributed by atoms with van der Waals surface area (Å²) in [7, 11) is 0. The molecule has 0 aliphatic rings. The molecule has 0 saturated heterocycles. The Labute approximate surface area is 181 Å². The Balaban J connectivity index is 1.92. The molecule has 3 rings (SSSR count). The normalized spacial score (nSPS) is 11.2. The monoisotopic (exact) mass is 421 g/mol. The van der Waals surface area contributed by atoms with Gasteiger partial charge >= 0.3 is 5.97 Å². The van der Waals surface area contributed by atoms with Crippen LogP contribution in [0.3, 0.4) is 0 Å². The number of esters is 1. The number of amides is 1. The van der Waals surface area contributed by atoms with E-state index in [0.717, 1.165) is 5.56 Å².